The zero-order valence-electron chi connectivity index (χ0n) is 10.1. The normalized spacial score (nSPS) is 20.4. The van der Waals surface area contributed by atoms with Crippen LogP contribution >= 0.6 is 0 Å². The maximum atomic E-state index is 11.8. The van der Waals surface area contributed by atoms with E-state index in [4.69, 9.17) is 4.74 Å². The van der Waals surface area contributed by atoms with Crippen molar-refractivity contribution in [3.63, 3.8) is 0 Å². The fraction of sp³-hybridized carbons (Fsp3) is 0.462. The Morgan fingerprint density at radius 3 is 2.83 bits per heavy atom. The molecule has 98 valence electrons. The maximum absolute atomic E-state index is 11.8. The molecule has 0 saturated carbocycles. The number of hydrogen-bond donors (Lipinski definition) is 3. The van der Waals surface area contributed by atoms with Crippen LogP contribution in [0, 0.1) is 0 Å². The van der Waals surface area contributed by atoms with E-state index in [1.807, 2.05) is 30.3 Å². The minimum Gasteiger partial charge on any atom is -0.394 e. The van der Waals surface area contributed by atoms with Gasteiger partial charge in [0.1, 0.15) is 0 Å². The molecule has 1 aliphatic heterocycles. The lowest BCUT2D eigenvalue weighted by molar-refractivity contribution is 0.186. The smallest absolute Gasteiger partial charge is 0.315 e. The number of hydrogen-bond acceptors (Lipinski definition) is 3. The highest BCUT2D eigenvalue weighted by Gasteiger charge is 2.19. The first-order chi connectivity index (χ1) is 8.79. The number of ether oxygens (including phenoxy) is 1. The molecule has 3 N–H and O–H groups in total. The van der Waals surface area contributed by atoms with E-state index in [1.165, 1.54) is 0 Å². The van der Waals surface area contributed by atoms with Crippen LogP contribution in [0.5, 0.6) is 0 Å². The van der Waals surface area contributed by atoms with Crippen molar-refractivity contribution in [1.29, 1.82) is 0 Å². The third-order valence-corrected chi connectivity index (χ3v) is 2.95. The van der Waals surface area contributed by atoms with Crippen LogP contribution in [0.1, 0.15) is 18.0 Å². The van der Waals surface area contributed by atoms with Crippen LogP contribution in [0.3, 0.4) is 0 Å². The number of carbonyl (C=O) groups is 1. The number of aliphatic hydroxyl groups is 1. The van der Waals surface area contributed by atoms with E-state index in [0.29, 0.717) is 13.2 Å². The molecule has 2 rings (SSSR count). The number of aliphatic hydroxyl groups excluding tert-OH is 1. The Hall–Kier alpha value is -1.59. The predicted molar refractivity (Wildman–Crippen MR) is 67.2 cm³/mol. The van der Waals surface area contributed by atoms with E-state index in [1.54, 1.807) is 0 Å². The molecule has 1 aromatic rings. The van der Waals surface area contributed by atoms with Crippen molar-refractivity contribution in [2.75, 3.05) is 19.8 Å². The molecule has 1 aromatic carbocycles. The van der Waals surface area contributed by atoms with E-state index in [-0.39, 0.29) is 24.7 Å². The Kier molecular flexibility index (Phi) is 4.55. The van der Waals surface area contributed by atoms with Crippen molar-refractivity contribution in [3.8, 4) is 0 Å². The van der Waals surface area contributed by atoms with Gasteiger partial charge in [-0.2, -0.15) is 0 Å². The second-order valence-corrected chi connectivity index (χ2v) is 4.32. The van der Waals surface area contributed by atoms with E-state index in [0.717, 1.165) is 12.0 Å². The van der Waals surface area contributed by atoms with Gasteiger partial charge in [-0.3, -0.25) is 0 Å². The molecular formula is C13H18N2O3. The molecule has 18 heavy (non-hydrogen) atoms. The Bertz CT molecular complexity index is 377. The molecule has 1 heterocycles. The summed E-state index contributed by atoms with van der Waals surface area (Å²) in [6, 6.07) is 8.82. The van der Waals surface area contributed by atoms with Gasteiger partial charge in [0.05, 0.1) is 25.3 Å². The molecule has 0 spiro atoms. The summed E-state index contributed by atoms with van der Waals surface area (Å²) in [5, 5.41) is 14.9. The molecule has 5 nitrogen and oxygen atoms in total. The first-order valence-electron chi connectivity index (χ1n) is 6.10. The molecule has 0 radical (unpaired) electrons. The number of rotatable bonds is 4. The Morgan fingerprint density at radius 1 is 1.44 bits per heavy atom. The van der Waals surface area contributed by atoms with Gasteiger partial charge in [0.25, 0.3) is 0 Å². The van der Waals surface area contributed by atoms with E-state index < -0.39 is 0 Å². The zero-order chi connectivity index (χ0) is 12.8. The second-order valence-electron chi connectivity index (χ2n) is 4.32. The Morgan fingerprint density at radius 2 is 2.22 bits per heavy atom. The molecule has 0 bridgehead atoms. The maximum Gasteiger partial charge on any atom is 0.315 e. The second kappa shape index (κ2) is 6.37. The third-order valence-electron chi connectivity index (χ3n) is 2.95. The summed E-state index contributed by atoms with van der Waals surface area (Å²) < 4.78 is 5.18. The summed E-state index contributed by atoms with van der Waals surface area (Å²) >= 11 is 0. The molecule has 1 fully saturated rings. The molecule has 2 unspecified atom stereocenters. The minimum atomic E-state index is -0.381. The van der Waals surface area contributed by atoms with Crippen LogP contribution < -0.4 is 10.6 Å². The number of nitrogens with one attached hydrogen (secondary N) is 2. The first-order valence-corrected chi connectivity index (χ1v) is 6.10. The summed E-state index contributed by atoms with van der Waals surface area (Å²) in [6.45, 7) is 1.12. The zero-order valence-corrected chi connectivity index (χ0v) is 10.1. The van der Waals surface area contributed by atoms with Gasteiger partial charge in [-0.05, 0) is 12.0 Å². The average Bonchev–Trinajstić information content (AvgIpc) is 2.90. The molecule has 2 amide bonds. The van der Waals surface area contributed by atoms with Crippen LogP contribution in [-0.2, 0) is 4.74 Å². The SMILES string of the molecule is O=C(NC1CCOC1)NC(CO)c1ccccc1. The van der Waals surface area contributed by atoms with Gasteiger partial charge < -0.3 is 20.5 Å². The van der Waals surface area contributed by atoms with Crippen LogP contribution in [0.15, 0.2) is 30.3 Å². The lowest BCUT2D eigenvalue weighted by Gasteiger charge is -2.19. The Labute approximate surface area is 106 Å². The molecule has 0 aromatic heterocycles. The van der Waals surface area contributed by atoms with Crippen molar-refractivity contribution < 1.29 is 14.6 Å². The van der Waals surface area contributed by atoms with Crippen LogP contribution in [-0.4, -0.2) is 37.0 Å². The summed E-state index contributed by atoms with van der Waals surface area (Å²) in [5.74, 6) is 0. The predicted octanol–water partition coefficient (Wildman–Crippen LogP) is 0.808. The average molecular weight is 250 g/mol. The highest BCUT2D eigenvalue weighted by molar-refractivity contribution is 5.74. The standard InChI is InChI=1S/C13H18N2O3/c16-8-12(10-4-2-1-3-5-10)15-13(17)14-11-6-7-18-9-11/h1-5,11-12,16H,6-9H2,(H2,14,15,17). The van der Waals surface area contributed by atoms with Gasteiger partial charge in [-0.1, -0.05) is 30.3 Å². The highest BCUT2D eigenvalue weighted by Crippen LogP contribution is 2.11. The van der Waals surface area contributed by atoms with E-state index in [2.05, 4.69) is 10.6 Å². The highest BCUT2D eigenvalue weighted by atomic mass is 16.5. The van der Waals surface area contributed by atoms with E-state index in [9.17, 15) is 9.90 Å². The summed E-state index contributed by atoms with van der Waals surface area (Å²) in [4.78, 5) is 11.8. The summed E-state index contributed by atoms with van der Waals surface area (Å²) in [5.41, 5.74) is 0.887. The summed E-state index contributed by atoms with van der Waals surface area (Å²) in [7, 11) is 0. The fourth-order valence-electron chi connectivity index (χ4n) is 1.95. The van der Waals surface area contributed by atoms with Gasteiger partial charge in [-0.25, -0.2) is 4.79 Å². The van der Waals surface area contributed by atoms with Crippen LogP contribution in [0.2, 0.25) is 0 Å². The van der Waals surface area contributed by atoms with Crippen molar-refractivity contribution >= 4 is 6.03 Å². The molecule has 2 atom stereocenters. The van der Waals surface area contributed by atoms with E-state index >= 15 is 0 Å². The van der Waals surface area contributed by atoms with Crippen LogP contribution in [0.4, 0.5) is 4.79 Å². The topological polar surface area (TPSA) is 70.6 Å². The minimum absolute atomic E-state index is 0.0696. The van der Waals surface area contributed by atoms with Gasteiger partial charge in [0.15, 0.2) is 0 Å². The van der Waals surface area contributed by atoms with Crippen molar-refractivity contribution in [2.45, 2.75) is 18.5 Å². The Balaban J connectivity index is 1.87. The van der Waals surface area contributed by atoms with Gasteiger partial charge in [0, 0.05) is 6.61 Å². The van der Waals surface area contributed by atoms with Gasteiger partial charge >= 0.3 is 6.03 Å². The van der Waals surface area contributed by atoms with Crippen LogP contribution in [0.25, 0.3) is 0 Å². The lowest BCUT2D eigenvalue weighted by Crippen LogP contribution is -2.44. The molecule has 1 saturated heterocycles. The number of amides is 2. The lowest BCUT2D eigenvalue weighted by atomic mass is 10.1. The number of benzene rings is 1. The molecule has 5 heteroatoms. The van der Waals surface area contributed by atoms with Crippen molar-refractivity contribution in [3.05, 3.63) is 35.9 Å². The molecular weight excluding hydrogens is 232 g/mol. The fourth-order valence-corrected chi connectivity index (χ4v) is 1.95. The molecule has 1 aliphatic rings. The quantitative estimate of drug-likeness (QED) is 0.740. The first kappa shape index (κ1) is 12.9. The number of carbonyl (C=O) groups excluding carboxylic acids is 1. The summed E-state index contributed by atoms with van der Waals surface area (Å²) in [6.07, 6.45) is 0.836. The van der Waals surface area contributed by atoms with Crippen molar-refractivity contribution in [2.24, 2.45) is 0 Å². The molecule has 0 aliphatic carbocycles. The van der Waals surface area contributed by atoms with Crippen molar-refractivity contribution in [1.82, 2.24) is 10.6 Å². The van der Waals surface area contributed by atoms with Gasteiger partial charge in [0.2, 0.25) is 0 Å². The monoisotopic (exact) mass is 250 g/mol. The van der Waals surface area contributed by atoms with Gasteiger partial charge in [-0.15, -0.1) is 0 Å². The number of urea groups is 1. The largest absolute Gasteiger partial charge is 0.394 e. The third kappa shape index (κ3) is 3.45.